The van der Waals surface area contributed by atoms with Crippen molar-refractivity contribution < 1.29 is 37.0 Å². The molecular formula is C25H29N3O8S. The molecule has 5 rings (SSSR count). The minimum atomic E-state index is -3.72. The molecule has 1 aromatic carbocycles. The van der Waals surface area contributed by atoms with Gasteiger partial charge in [0.1, 0.15) is 17.6 Å². The number of carbonyl (C=O) groups excluding carboxylic acids is 2. The van der Waals surface area contributed by atoms with Gasteiger partial charge in [-0.25, -0.2) is 8.42 Å². The minimum absolute atomic E-state index is 0.0690. The first-order valence-electron chi connectivity index (χ1n) is 12.2. The highest BCUT2D eigenvalue weighted by Gasteiger charge is 2.47. The third kappa shape index (κ3) is 5.07. The molecule has 3 fully saturated rings. The van der Waals surface area contributed by atoms with Crippen LogP contribution in [-0.2, 0) is 29.1 Å². The highest BCUT2D eigenvalue weighted by Crippen LogP contribution is 2.39. The molecule has 4 heterocycles. The Kier molecular flexibility index (Phi) is 7.45. The molecule has 0 saturated carbocycles. The molecule has 3 saturated heterocycles. The summed E-state index contributed by atoms with van der Waals surface area (Å²) in [4.78, 5) is 29.8. The number of rotatable bonds is 7. The fourth-order valence-corrected chi connectivity index (χ4v) is 6.21. The van der Waals surface area contributed by atoms with Gasteiger partial charge in [-0.15, -0.1) is 0 Å². The van der Waals surface area contributed by atoms with Gasteiger partial charge >= 0.3 is 0 Å². The zero-order valence-electron chi connectivity index (χ0n) is 20.2. The van der Waals surface area contributed by atoms with E-state index in [9.17, 15) is 23.1 Å². The number of aliphatic hydroxyl groups excluding tert-OH is 1. The number of hydrogen-bond donors (Lipinski definition) is 1. The summed E-state index contributed by atoms with van der Waals surface area (Å²) in [5.41, 5.74) is 0.134. The van der Waals surface area contributed by atoms with Gasteiger partial charge < -0.3 is 23.9 Å². The third-order valence-electron chi connectivity index (χ3n) is 6.85. The summed E-state index contributed by atoms with van der Waals surface area (Å²) in [5, 5.41) is 11.2. The van der Waals surface area contributed by atoms with E-state index in [1.165, 1.54) is 39.7 Å². The van der Waals surface area contributed by atoms with E-state index < -0.39 is 27.8 Å². The van der Waals surface area contributed by atoms with Crippen molar-refractivity contribution in [2.75, 3.05) is 65.7 Å². The van der Waals surface area contributed by atoms with Crippen LogP contribution in [0.15, 0.2) is 57.5 Å². The average Bonchev–Trinajstić information content (AvgIpc) is 3.55. The number of benzene rings is 1. The highest BCUT2D eigenvalue weighted by molar-refractivity contribution is 7.89. The second-order valence-electron chi connectivity index (χ2n) is 9.00. The van der Waals surface area contributed by atoms with Crippen LogP contribution in [0.3, 0.4) is 0 Å². The second kappa shape index (κ2) is 10.8. The van der Waals surface area contributed by atoms with Crippen LogP contribution in [0.2, 0.25) is 0 Å². The first kappa shape index (κ1) is 25.6. The average molecular weight is 532 g/mol. The fraction of sp³-hybridized carbons (Fsp3) is 0.440. The molecule has 1 N–H and O–H groups in total. The van der Waals surface area contributed by atoms with Gasteiger partial charge in [0.05, 0.1) is 43.2 Å². The molecule has 0 aliphatic carbocycles. The van der Waals surface area contributed by atoms with Crippen LogP contribution in [0.25, 0.3) is 5.76 Å². The van der Waals surface area contributed by atoms with E-state index in [0.29, 0.717) is 38.7 Å². The number of furan rings is 1. The van der Waals surface area contributed by atoms with Crippen LogP contribution in [0.1, 0.15) is 17.4 Å². The summed E-state index contributed by atoms with van der Waals surface area (Å²) >= 11 is 0. The zero-order chi connectivity index (χ0) is 26.0. The lowest BCUT2D eigenvalue weighted by Gasteiger charge is -2.30. The summed E-state index contributed by atoms with van der Waals surface area (Å²) < 4.78 is 43.4. The highest BCUT2D eigenvalue weighted by atomic mass is 32.2. The molecule has 3 aliphatic rings. The van der Waals surface area contributed by atoms with Gasteiger partial charge in [0, 0.05) is 44.8 Å². The standard InChI is InChI=1S/C25H29N3O8S/c29-23(18-3-5-19(6-4-18)37(32,33)27-11-16-35-17-12-27)21-22(20-2-1-13-36-20)28(25(31)24(21)30)8-7-26-9-14-34-15-10-26/h1-6,13,22,29H,7-12,14-17H2/t22-/m1/s1. The maximum atomic E-state index is 13.1. The molecule has 3 aliphatic heterocycles. The van der Waals surface area contributed by atoms with Gasteiger partial charge in [-0.2, -0.15) is 4.31 Å². The molecular weight excluding hydrogens is 502 g/mol. The summed E-state index contributed by atoms with van der Waals surface area (Å²) in [6.45, 7) is 4.68. The van der Waals surface area contributed by atoms with Gasteiger partial charge in [0.15, 0.2) is 0 Å². The number of sulfonamides is 1. The van der Waals surface area contributed by atoms with Crippen molar-refractivity contribution in [2.24, 2.45) is 0 Å². The van der Waals surface area contributed by atoms with Gasteiger partial charge in [-0.1, -0.05) is 0 Å². The molecule has 37 heavy (non-hydrogen) atoms. The molecule has 198 valence electrons. The molecule has 1 atom stereocenters. The van der Waals surface area contributed by atoms with Crippen LogP contribution in [0, 0.1) is 0 Å². The van der Waals surface area contributed by atoms with E-state index in [1.807, 2.05) is 0 Å². The Morgan fingerprint density at radius 1 is 0.919 bits per heavy atom. The quantitative estimate of drug-likeness (QED) is 0.317. The Labute approximate surface area is 214 Å². The van der Waals surface area contributed by atoms with E-state index in [2.05, 4.69) is 4.90 Å². The molecule has 1 aromatic heterocycles. The van der Waals surface area contributed by atoms with Crippen LogP contribution < -0.4 is 0 Å². The monoisotopic (exact) mass is 531 g/mol. The van der Waals surface area contributed by atoms with Crippen molar-refractivity contribution in [1.29, 1.82) is 0 Å². The van der Waals surface area contributed by atoms with E-state index in [4.69, 9.17) is 13.9 Å². The lowest BCUT2D eigenvalue weighted by Crippen LogP contribution is -2.42. The number of aliphatic hydroxyl groups is 1. The van der Waals surface area contributed by atoms with Crippen molar-refractivity contribution in [1.82, 2.24) is 14.1 Å². The maximum Gasteiger partial charge on any atom is 0.295 e. The lowest BCUT2D eigenvalue weighted by atomic mass is 9.99. The summed E-state index contributed by atoms with van der Waals surface area (Å²) in [6, 6.07) is 8.05. The van der Waals surface area contributed by atoms with E-state index in [-0.39, 0.29) is 41.4 Å². The molecule has 0 bridgehead atoms. The minimum Gasteiger partial charge on any atom is -0.507 e. The smallest absolute Gasteiger partial charge is 0.295 e. The first-order valence-corrected chi connectivity index (χ1v) is 13.6. The molecule has 11 nitrogen and oxygen atoms in total. The molecule has 0 spiro atoms. The number of amides is 1. The van der Waals surface area contributed by atoms with Gasteiger partial charge in [0.25, 0.3) is 11.7 Å². The Balaban J connectivity index is 1.44. The molecule has 2 aromatic rings. The normalized spacial score (nSPS) is 23.6. The lowest BCUT2D eigenvalue weighted by molar-refractivity contribution is -0.140. The molecule has 12 heteroatoms. The molecule has 0 unspecified atom stereocenters. The number of carbonyl (C=O) groups is 2. The number of Topliss-reactive ketones (excluding diaryl/α,β-unsaturated/α-hetero) is 1. The van der Waals surface area contributed by atoms with Crippen LogP contribution >= 0.6 is 0 Å². The van der Waals surface area contributed by atoms with Crippen LogP contribution in [0.5, 0.6) is 0 Å². The van der Waals surface area contributed by atoms with Gasteiger partial charge in [-0.3, -0.25) is 14.5 Å². The van der Waals surface area contributed by atoms with Gasteiger partial charge in [-0.05, 0) is 36.4 Å². The zero-order valence-corrected chi connectivity index (χ0v) is 21.1. The van der Waals surface area contributed by atoms with E-state index >= 15 is 0 Å². The van der Waals surface area contributed by atoms with Crippen molar-refractivity contribution in [3.8, 4) is 0 Å². The van der Waals surface area contributed by atoms with E-state index in [0.717, 1.165) is 13.1 Å². The second-order valence-corrected chi connectivity index (χ2v) is 10.9. The topological polar surface area (TPSA) is 130 Å². The maximum absolute atomic E-state index is 13.1. The molecule has 0 radical (unpaired) electrons. The number of likely N-dealkylation sites (tertiary alicyclic amines) is 1. The van der Waals surface area contributed by atoms with Crippen LogP contribution in [-0.4, -0.2) is 105 Å². The summed E-state index contributed by atoms with van der Waals surface area (Å²) in [5.74, 6) is -1.56. The fourth-order valence-electron chi connectivity index (χ4n) is 4.80. The number of nitrogens with zero attached hydrogens (tertiary/aromatic N) is 3. The number of ketones is 1. The van der Waals surface area contributed by atoms with Gasteiger partial charge in [0.2, 0.25) is 10.0 Å². The predicted molar refractivity (Wildman–Crippen MR) is 131 cm³/mol. The summed E-state index contributed by atoms with van der Waals surface area (Å²) in [7, 11) is -3.72. The van der Waals surface area contributed by atoms with Crippen molar-refractivity contribution >= 4 is 27.5 Å². The summed E-state index contributed by atoms with van der Waals surface area (Å²) in [6.07, 6.45) is 1.45. The molecule has 1 amide bonds. The Bertz CT molecular complexity index is 1260. The van der Waals surface area contributed by atoms with Crippen molar-refractivity contribution in [3.05, 3.63) is 59.6 Å². The van der Waals surface area contributed by atoms with Crippen LogP contribution in [0.4, 0.5) is 0 Å². The Morgan fingerprint density at radius 2 is 1.57 bits per heavy atom. The first-order chi connectivity index (χ1) is 17.9. The largest absolute Gasteiger partial charge is 0.507 e. The van der Waals surface area contributed by atoms with E-state index in [1.54, 1.807) is 12.1 Å². The SMILES string of the molecule is O=C1C(=O)N(CCN2CCOCC2)[C@H](c2ccco2)C1=C(O)c1ccc(S(=O)(=O)N2CCOCC2)cc1. The number of morpholine rings is 2. The number of ether oxygens (including phenoxy) is 2. The third-order valence-corrected chi connectivity index (χ3v) is 8.76. The van der Waals surface area contributed by atoms with Crippen molar-refractivity contribution in [2.45, 2.75) is 10.9 Å². The number of hydrogen-bond acceptors (Lipinski definition) is 9. The Morgan fingerprint density at radius 3 is 2.19 bits per heavy atom. The predicted octanol–water partition coefficient (Wildman–Crippen LogP) is 1.05. The Hall–Kier alpha value is -3.03. The van der Waals surface area contributed by atoms with Crippen molar-refractivity contribution in [3.63, 3.8) is 0 Å².